The van der Waals surface area contributed by atoms with Crippen molar-refractivity contribution in [3.63, 3.8) is 0 Å². The Bertz CT molecular complexity index is 345. The number of piperidine rings is 1. The SMILES string of the molecule is CCC(C#N)(CCCN1CCC(C)CC1C)NC1CC1. The Kier molecular flexibility index (Phi) is 5.46. The van der Waals surface area contributed by atoms with E-state index in [2.05, 4.69) is 37.1 Å². The molecule has 2 rings (SSSR count). The van der Waals surface area contributed by atoms with Crippen LogP contribution in [0.3, 0.4) is 0 Å². The minimum Gasteiger partial charge on any atom is -0.301 e. The van der Waals surface area contributed by atoms with Crippen LogP contribution in [0, 0.1) is 17.2 Å². The summed E-state index contributed by atoms with van der Waals surface area (Å²) in [7, 11) is 0. The molecule has 0 aromatic rings. The van der Waals surface area contributed by atoms with Gasteiger partial charge in [0.05, 0.1) is 6.07 Å². The monoisotopic (exact) mass is 277 g/mol. The van der Waals surface area contributed by atoms with Gasteiger partial charge >= 0.3 is 0 Å². The second kappa shape index (κ2) is 6.91. The molecule has 1 saturated heterocycles. The van der Waals surface area contributed by atoms with E-state index in [4.69, 9.17) is 0 Å². The zero-order valence-corrected chi connectivity index (χ0v) is 13.5. The highest BCUT2D eigenvalue weighted by Crippen LogP contribution is 2.27. The molecule has 0 aromatic carbocycles. The zero-order valence-electron chi connectivity index (χ0n) is 13.5. The van der Waals surface area contributed by atoms with Crippen molar-refractivity contribution in [2.75, 3.05) is 13.1 Å². The quantitative estimate of drug-likeness (QED) is 0.776. The van der Waals surface area contributed by atoms with E-state index in [9.17, 15) is 5.26 Å². The average molecular weight is 277 g/mol. The molecule has 114 valence electrons. The van der Waals surface area contributed by atoms with E-state index in [1.54, 1.807) is 0 Å². The van der Waals surface area contributed by atoms with E-state index in [1.165, 1.54) is 32.2 Å². The molecular formula is C17H31N3. The lowest BCUT2D eigenvalue weighted by Gasteiger charge is -2.37. The Labute approximate surface area is 124 Å². The van der Waals surface area contributed by atoms with Crippen molar-refractivity contribution in [1.29, 1.82) is 5.26 Å². The summed E-state index contributed by atoms with van der Waals surface area (Å²) in [6, 6.07) is 3.89. The van der Waals surface area contributed by atoms with E-state index in [0.717, 1.165) is 31.7 Å². The Morgan fingerprint density at radius 3 is 2.60 bits per heavy atom. The van der Waals surface area contributed by atoms with Crippen LogP contribution in [0.4, 0.5) is 0 Å². The van der Waals surface area contributed by atoms with Gasteiger partial charge < -0.3 is 4.90 Å². The van der Waals surface area contributed by atoms with Gasteiger partial charge in [-0.2, -0.15) is 5.26 Å². The lowest BCUT2D eigenvalue weighted by Crippen LogP contribution is -2.46. The first-order chi connectivity index (χ1) is 9.58. The third kappa shape index (κ3) is 4.20. The van der Waals surface area contributed by atoms with Crippen molar-refractivity contribution >= 4 is 0 Å². The van der Waals surface area contributed by atoms with Crippen LogP contribution in [0.15, 0.2) is 0 Å². The van der Waals surface area contributed by atoms with Gasteiger partial charge in [-0.3, -0.25) is 5.32 Å². The zero-order chi connectivity index (χ0) is 14.6. The maximum atomic E-state index is 9.55. The lowest BCUT2D eigenvalue weighted by molar-refractivity contribution is 0.124. The molecule has 1 N–H and O–H groups in total. The van der Waals surface area contributed by atoms with Crippen LogP contribution in [0.1, 0.15) is 65.7 Å². The number of likely N-dealkylation sites (tertiary alicyclic amines) is 1. The second-order valence-corrected chi connectivity index (χ2v) is 7.08. The minimum atomic E-state index is -0.270. The van der Waals surface area contributed by atoms with E-state index in [-0.39, 0.29) is 5.54 Å². The van der Waals surface area contributed by atoms with Gasteiger partial charge in [0.15, 0.2) is 0 Å². The smallest absolute Gasteiger partial charge is 0.106 e. The molecule has 0 bridgehead atoms. The van der Waals surface area contributed by atoms with E-state index < -0.39 is 0 Å². The molecule has 3 atom stereocenters. The molecule has 1 aliphatic heterocycles. The molecule has 0 aromatic heterocycles. The second-order valence-electron chi connectivity index (χ2n) is 7.08. The van der Waals surface area contributed by atoms with Crippen molar-refractivity contribution in [1.82, 2.24) is 10.2 Å². The maximum Gasteiger partial charge on any atom is 0.106 e. The molecule has 0 amide bonds. The van der Waals surface area contributed by atoms with Gasteiger partial charge in [-0.05, 0) is 70.9 Å². The molecule has 1 saturated carbocycles. The summed E-state index contributed by atoms with van der Waals surface area (Å²) < 4.78 is 0. The highest BCUT2D eigenvalue weighted by molar-refractivity contribution is 5.09. The Morgan fingerprint density at radius 1 is 1.30 bits per heavy atom. The van der Waals surface area contributed by atoms with Crippen molar-refractivity contribution in [3.8, 4) is 6.07 Å². The van der Waals surface area contributed by atoms with Gasteiger partial charge in [0, 0.05) is 12.1 Å². The fraction of sp³-hybridized carbons (Fsp3) is 0.941. The van der Waals surface area contributed by atoms with E-state index in [0.29, 0.717) is 12.1 Å². The lowest BCUT2D eigenvalue weighted by atomic mass is 9.90. The van der Waals surface area contributed by atoms with Crippen molar-refractivity contribution < 1.29 is 0 Å². The Hall–Kier alpha value is -0.590. The van der Waals surface area contributed by atoms with Gasteiger partial charge in [-0.1, -0.05) is 13.8 Å². The number of hydrogen-bond donors (Lipinski definition) is 1. The third-order valence-corrected chi connectivity index (χ3v) is 5.20. The van der Waals surface area contributed by atoms with Crippen LogP contribution in [-0.2, 0) is 0 Å². The fourth-order valence-corrected chi connectivity index (χ4v) is 3.51. The molecule has 2 fully saturated rings. The molecular weight excluding hydrogens is 246 g/mol. The molecule has 20 heavy (non-hydrogen) atoms. The van der Waals surface area contributed by atoms with E-state index in [1.807, 2.05) is 0 Å². The summed E-state index contributed by atoms with van der Waals surface area (Å²) >= 11 is 0. The van der Waals surface area contributed by atoms with Crippen LogP contribution in [0.2, 0.25) is 0 Å². The van der Waals surface area contributed by atoms with Crippen molar-refractivity contribution in [3.05, 3.63) is 0 Å². The summed E-state index contributed by atoms with van der Waals surface area (Å²) in [6.45, 7) is 9.26. The highest BCUT2D eigenvalue weighted by atomic mass is 15.2. The van der Waals surface area contributed by atoms with Gasteiger partial charge in [0.25, 0.3) is 0 Å². The fourth-order valence-electron chi connectivity index (χ4n) is 3.51. The predicted octanol–water partition coefficient (Wildman–Crippen LogP) is 3.31. The van der Waals surface area contributed by atoms with Gasteiger partial charge in [0.2, 0.25) is 0 Å². The van der Waals surface area contributed by atoms with Gasteiger partial charge in [-0.25, -0.2) is 0 Å². The van der Waals surface area contributed by atoms with E-state index >= 15 is 0 Å². The van der Waals surface area contributed by atoms with Crippen LogP contribution < -0.4 is 5.32 Å². The topological polar surface area (TPSA) is 39.1 Å². The molecule has 0 radical (unpaired) electrons. The summed E-state index contributed by atoms with van der Waals surface area (Å²) in [5.41, 5.74) is -0.270. The number of nitrogens with zero attached hydrogens (tertiary/aromatic N) is 2. The van der Waals surface area contributed by atoms with Gasteiger partial charge in [0.1, 0.15) is 5.54 Å². The number of nitriles is 1. The summed E-state index contributed by atoms with van der Waals surface area (Å²) in [5.74, 6) is 0.881. The molecule has 3 nitrogen and oxygen atoms in total. The summed E-state index contributed by atoms with van der Waals surface area (Å²) in [4.78, 5) is 2.62. The summed E-state index contributed by atoms with van der Waals surface area (Å²) in [5, 5.41) is 13.1. The predicted molar refractivity (Wildman–Crippen MR) is 83.5 cm³/mol. The first-order valence-electron chi connectivity index (χ1n) is 8.51. The van der Waals surface area contributed by atoms with Crippen LogP contribution >= 0.6 is 0 Å². The normalized spacial score (nSPS) is 30.7. The molecule has 1 aliphatic carbocycles. The molecule has 0 spiro atoms. The third-order valence-electron chi connectivity index (χ3n) is 5.20. The maximum absolute atomic E-state index is 9.55. The first-order valence-corrected chi connectivity index (χ1v) is 8.51. The Morgan fingerprint density at radius 2 is 2.05 bits per heavy atom. The summed E-state index contributed by atoms with van der Waals surface area (Å²) in [6.07, 6.45) is 8.23. The standard InChI is InChI=1S/C17H31N3/c1-4-17(13-18,19-16-6-7-16)9-5-10-20-11-8-14(2)12-15(20)3/h14-16,19H,4-12H2,1-3H3. The first kappa shape index (κ1) is 15.8. The number of rotatable bonds is 7. The average Bonchev–Trinajstić information content (AvgIpc) is 3.24. The number of hydrogen-bond acceptors (Lipinski definition) is 3. The van der Waals surface area contributed by atoms with Crippen LogP contribution in [0.5, 0.6) is 0 Å². The highest BCUT2D eigenvalue weighted by Gasteiger charge is 2.34. The van der Waals surface area contributed by atoms with Crippen molar-refractivity contribution in [2.45, 2.75) is 83.3 Å². The minimum absolute atomic E-state index is 0.270. The van der Waals surface area contributed by atoms with Crippen LogP contribution in [0.25, 0.3) is 0 Å². The molecule has 3 heteroatoms. The van der Waals surface area contributed by atoms with Crippen molar-refractivity contribution in [2.24, 2.45) is 5.92 Å². The molecule has 2 aliphatic rings. The van der Waals surface area contributed by atoms with Gasteiger partial charge in [-0.15, -0.1) is 0 Å². The molecule has 3 unspecified atom stereocenters. The molecule has 1 heterocycles. The Balaban J connectivity index is 1.76. The van der Waals surface area contributed by atoms with Crippen LogP contribution in [-0.4, -0.2) is 35.6 Å². The number of nitrogens with one attached hydrogen (secondary N) is 1. The largest absolute Gasteiger partial charge is 0.301 e.